The van der Waals surface area contributed by atoms with Gasteiger partial charge < -0.3 is 10.8 Å². The zero-order valence-electron chi connectivity index (χ0n) is 11.6. The first-order valence-electron chi connectivity index (χ1n) is 6.51. The molecule has 1 aromatic carbocycles. The van der Waals surface area contributed by atoms with Crippen molar-refractivity contribution < 1.29 is 18.3 Å². The van der Waals surface area contributed by atoms with Gasteiger partial charge in [0.1, 0.15) is 0 Å². The summed E-state index contributed by atoms with van der Waals surface area (Å²) in [7, 11) is -3.86. The van der Waals surface area contributed by atoms with Crippen molar-refractivity contribution in [1.29, 1.82) is 0 Å². The van der Waals surface area contributed by atoms with Crippen LogP contribution in [0.1, 0.15) is 29.6 Å². The van der Waals surface area contributed by atoms with Gasteiger partial charge in [-0.25, -0.2) is 17.9 Å². The van der Waals surface area contributed by atoms with Gasteiger partial charge in [0, 0.05) is 17.0 Å². The van der Waals surface area contributed by atoms with Crippen LogP contribution in [0.5, 0.6) is 0 Å². The van der Waals surface area contributed by atoms with E-state index in [1.807, 2.05) is 6.26 Å². The normalized spacial score (nSPS) is 22.3. The van der Waals surface area contributed by atoms with E-state index in [2.05, 4.69) is 4.72 Å². The predicted octanol–water partition coefficient (Wildman–Crippen LogP) is 1.53. The Morgan fingerprint density at radius 1 is 1.43 bits per heavy atom. The maximum atomic E-state index is 12.4. The molecule has 0 spiro atoms. The van der Waals surface area contributed by atoms with E-state index in [-0.39, 0.29) is 22.2 Å². The van der Waals surface area contributed by atoms with Crippen LogP contribution in [0.4, 0.5) is 5.69 Å². The highest BCUT2D eigenvalue weighted by Crippen LogP contribution is 2.29. The van der Waals surface area contributed by atoms with Crippen LogP contribution in [0.3, 0.4) is 0 Å². The van der Waals surface area contributed by atoms with Crippen LogP contribution in [0.25, 0.3) is 0 Å². The molecule has 2 unspecified atom stereocenters. The van der Waals surface area contributed by atoms with Crippen molar-refractivity contribution in [3.8, 4) is 0 Å². The third-order valence-corrected chi connectivity index (χ3v) is 6.24. The summed E-state index contributed by atoms with van der Waals surface area (Å²) in [5, 5.41) is 9.59. The number of nitrogens with one attached hydrogen (secondary N) is 1. The fourth-order valence-corrected chi connectivity index (χ4v) is 4.75. The van der Waals surface area contributed by atoms with Crippen molar-refractivity contribution in [2.45, 2.75) is 35.4 Å². The number of nitrogens with two attached hydrogens (primary N) is 1. The molecule has 0 aliphatic heterocycles. The lowest BCUT2D eigenvalue weighted by Gasteiger charge is -2.15. The van der Waals surface area contributed by atoms with Crippen LogP contribution in [0.2, 0.25) is 0 Å². The molecule has 0 amide bonds. The Morgan fingerprint density at radius 2 is 2.14 bits per heavy atom. The van der Waals surface area contributed by atoms with Gasteiger partial charge in [0.25, 0.3) is 0 Å². The van der Waals surface area contributed by atoms with Gasteiger partial charge in [-0.05, 0) is 43.7 Å². The Hall–Kier alpha value is -1.25. The van der Waals surface area contributed by atoms with E-state index in [4.69, 9.17) is 10.8 Å². The maximum Gasteiger partial charge on any atom is 0.337 e. The molecule has 0 radical (unpaired) electrons. The molecule has 1 saturated carbocycles. The lowest BCUT2D eigenvalue weighted by molar-refractivity contribution is 0.0692. The summed E-state index contributed by atoms with van der Waals surface area (Å²) in [6.07, 6.45) is 4.49. The molecule has 1 aliphatic carbocycles. The molecule has 2 atom stereocenters. The average molecular weight is 330 g/mol. The summed E-state index contributed by atoms with van der Waals surface area (Å²) in [6.45, 7) is 0. The van der Waals surface area contributed by atoms with E-state index >= 15 is 0 Å². The Kier molecular flexibility index (Phi) is 4.80. The number of aromatic carboxylic acids is 1. The highest BCUT2D eigenvalue weighted by molar-refractivity contribution is 7.99. The molecule has 1 aliphatic rings. The van der Waals surface area contributed by atoms with Crippen LogP contribution in [0, 0.1) is 0 Å². The van der Waals surface area contributed by atoms with E-state index in [0.29, 0.717) is 5.25 Å². The lowest BCUT2D eigenvalue weighted by atomic mass is 10.2. The van der Waals surface area contributed by atoms with Crippen LogP contribution in [-0.2, 0) is 10.0 Å². The van der Waals surface area contributed by atoms with Gasteiger partial charge in [-0.2, -0.15) is 11.8 Å². The van der Waals surface area contributed by atoms with Crippen molar-refractivity contribution in [2.75, 3.05) is 12.0 Å². The first-order chi connectivity index (χ1) is 9.83. The summed E-state index contributed by atoms with van der Waals surface area (Å²) in [6, 6.07) is 3.64. The van der Waals surface area contributed by atoms with Gasteiger partial charge >= 0.3 is 5.97 Å². The summed E-state index contributed by atoms with van der Waals surface area (Å²) in [4.78, 5) is 11.0. The molecule has 0 saturated heterocycles. The number of carboxylic acid groups (broad SMARTS) is 1. The number of carbonyl (C=O) groups is 1. The largest absolute Gasteiger partial charge is 0.478 e. The first-order valence-corrected chi connectivity index (χ1v) is 9.28. The predicted molar refractivity (Wildman–Crippen MR) is 83.1 cm³/mol. The van der Waals surface area contributed by atoms with E-state index in [0.717, 1.165) is 25.3 Å². The van der Waals surface area contributed by atoms with Gasteiger partial charge in [0.05, 0.1) is 10.5 Å². The molecular formula is C13H18N2O4S2. The van der Waals surface area contributed by atoms with E-state index < -0.39 is 16.0 Å². The van der Waals surface area contributed by atoms with Gasteiger partial charge in [-0.1, -0.05) is 0 Å². The van der Waals surface area contributed by atoms with Crippen LogP contribution < -0.4 is 10.5 Å². The standard InChI is InChI=1S/C13H18N2O4S2/c1-20-10-4-3-9(7-10)15-21(18,19)12-5-2-8(14)6-11(12)13(16)17/h2,5-6,9-10,15H,3-4,7,14H2,1H3,(H,16,17). The smallest absolute Gasteiger partial charge is 0.337 e. The fourth-order valence-electron chi connectivity index (χ4n) is 2.49. The second-order valence-electron chi connectivity index (χ2n) is 5.05. The molecular weight excluding hydrogens is 312 g/mol. The minimum Gasteiger partial charge on any atom is -0.478 e. The molecule has 6 nitrogen and oxygen atoms in total. The molecule has 4 N–H and O–H groups in total. The lowest BCUT2D eigenvalue weighted by Crippen LogP contribution is -2.34. The SMILES string of the molecule is CSC1CCC(NS(=O)(=O)c2ccc(N)cc2C(=O)O)C1. The van der Waals surface area contributed by atoms with Crippen molar-refractivity contribution >= 4 is 33.4 Å². The van der Waals surface area contributed by atoms with Gasteiger partial charge in [0.15, 0.2) is 0 Å². The number of nitrogen functional groups attached to an aromatic ring is 1. The van der Waals surface area contributed by atoms with Gasteiger partial charge in [-0.3, -0.25) is 0 Å². The molecule has 116 valence electrons. The number of anilines is 1. The van der Waals surface area contributed by atoms with Crippen LogP contribution >= 0.6 is 11.8 Å². The van der Waals surface area contributed by atoms with Gasteiger partial charge in [-0.15, -0.1) is 0 Å². The zero-order chi connectivity index (χ0) is 15.6. The third-order valence-electron chi connectivity index (χ3n) is 3.56. The van der Waals surface area contributed by atoms with E-state index in [1.165, 1.54) is 12.1 Å². The van der Waals surface area contributed by atoms with Crippen LogP contribution in [-0.4, -0.2) is 37.0 Å². The number of hydrogen-bond donors (Lipinski definition) is 3. The quantitative estimate of drug-likeness (QED) is 0.706. The Bertz CT molecular complexity index is 646. The minimum absolute atomic E-state index is 0.147. The maximum absolute atomic E-state index is 12.4. The summed E-state index contributed by atoms with van der Waals surface area (Å²) < 4.78 is 27.4. The van der Waals surface area contributed by atoms with Gasteiger partial charge in [0.2, 0.25) is 10.0 Å². The fraction of sp³-hybridized carbons (Fsp3) is 0.462. The Labute approximate surface area is 128 Å². The van der Waals surface area contributed by atoms with Crippen molar-refractivity contribution in [3.05, 3.63) is 23.8 Å². The Morgan fingerprint density at radius 3 is 2.71 bits per heavy atom. The van der Waals surface area contributed by atoms with E-state index in [9.17, 15) is 13.2 Å². The summed E-state index contributed by atoms with van der Waals surface area (Å²) >= 11 is 1.72. The Balaban J connectivity index is 2.26. The van der Waals surface area contributed by atoms with E-state index in [1.54, 1.807) is 11.8 Å². The number of sulfonamides is 1. The monoisotopic (exact) mass is 330 g/mol. The molecule has 1 fully saturated rings. The highest BCUT2D eigenvalue weighted by atomic mass is 32.2. The first kappa shape index (κ1) is 16.1. The molecule has 21 heavy (non-hydrogen) atoms. The third kappa shape index (κ3) is 3.69. The van der Waals surface area contributed by atoms with Crippen molar-refractivity contribution in [3.63, 3.8) is 0 Å². The van der Waals surface area contributed by atoms with Crippen molar-refractivity contribution in [1.82, 2.24) is 4.72 Å². The molecule has 0 heterocycles. The zero-order valence-corrected chi connectivity index (χ0v) is 13.2. The number of rotatable bonds is 5. The minimum atomic E-state index is -3.86. The molecule has 8 heteroatoms. The second-order valence-corrected chi connectivity index (χ2v) is 7.87. The number of hydrogen-bond acceptors (Lipinski definition) is 5. The van der Waals surface area contributed by atoms with Crippen LogP contribution in [0.15, 0.2) is 23.1 Å². The molecule has 2 rings (SSSR count). The highest BCUT2D eigenvalue weighted by Gasteiger charge is 2.30. The number of carboxylic acids is 1. The summed E-state index contributed by atoms with van der Waals surface area (Å²) in [5.41, 5.74) is 5.44. The average Bonchev–Trinajstić information content (AvgIpc) is 2.85. The summed E-state index contributed by atoms with van der Waals surface area (Å²) in [5.74, 6) is -1.31. The second kappa shape index (κ2) is 6.25. The molecule has 0 aromatic heterocycles. The molecule has 1 aromatic rings. The number of benzene rings is 1. The van der Waals surface area contributed by atoms with Crippen molar-refractivity contribution in [2.24, 2.45) is 0 Å². The number of thioether (sulfide) groups is 1. The molecule has 0 bridgehead atoms. The topological polar surface area (TPSA) is 109 Å².